The highest BCUT2D eigenvalue weighted by Gasteiger charge is 2.12. The maximum Gasteiger partial charge on any atom is 0.176 e. The fourth-order valence-corrected chi connectivity index (χ4v) is 1.86. The molecule has 0 spiro atoms. The highest BCUT2D eigenvalue weighted by atomic mass is 16.1. The molecule has 0 unspecified atom stereocenters. The van der Waals surface area contributed by atoms with Crippen molar-refractivity contribution in [1.82, 2.24) is 4.90 Å². The van der Waals surface area contributed by atoms with E-state index in [0.29, 0.717) is 12.5 Å². The minimum absolute atomic E-state index is 0.215. The second kappa shape index (κ2) is 6.55. The zero-order valence-electron chi connectivity index (χ0n) is 11.4. The first-order chi connectivity index (χ1) is 8.02. The van der Waals surface area contributed by atoms with Crippen molar-refractivity contribution < 1.29 is 4.79 Å². The van der Waals surface area contributed by atoms with E-state index in [0.717, 1.165) is 18.7 Å². The number of Topliss-reactive ketones (excluding diaryl/α,β-unsaturated/α-hetero) is 1. The number of hydrogen-bond acceptors (Lipinski definition) is 2. The van der Waals surface area contributed by atoms with Crippen molar-refractivity contribution in [3.63, 3.8) is 0 Å². The van der Waals surface area contributed by atoms with Crippen molar-refractivity contribution >= 4 is 5.78 Å². The molecule has 0 saturated heterocycles. The van der Waals surface area contributed by atoms with E-state index >= 15 is 0 Å². The minimum Gasteiger partial charge on any atom is -0.296 e. The van der Waals surface area contributed by atoms with Gasteiger partial charge in [-0.2, -0.15) is 0 Å². The summed E-state index contributed by atoms with van der Waals surface area (Å²) in [4.78, 5) is 14.3. The molecule has 0 aliphatic carbocycles. The van der Waals surface area contributed by atoms with E-state index in [1.165, 1.54) is 5.56 Å². The number of rotatable bonds is 6. The molecule has 0 N–H and O–H groups in total. The number of carbonyl (C=O) groups is 1. The highest BCUT2D eigenvalue weighted by molar-refractivity contribution is 5.97. The van der Waals surface area contributed by atoms with E-state index in [2.05, 4.69) is 25.7 Å². The molecule has 1 aromatic rings. The molecule has 2 nitrogen and oxygen atoms in total. The topological polar surface area (TPSA) is 20.3 Å². The van der Waals surface area contributed by atoms with Gasteiger partial charge >= 0.3 is 0 Å². The smallest absolute Gasteiger partial charge is 0.176 e. The maximum absolute atomic E-state index is 12.1. The molecule has 0 aliphatic heterocycles. The van der Waals surface area contributed by atoms with Crippen molar-refractivity contribution in [2.24, 2.45) is 5.92 Å². The second-order valence-corrected chi connectivity index (χ2v) is 5.01. The average Bonchev–Trinajstić information content (AvgIpc) is 2.28. The lowest BCUT2D eigenvalue weighted by Gasteiger charge is -2.21. The predicted octanol–water partition coefficient (Wildman–Crippen LogP) is 3.16. The zero-order valence-corrected chi connectivity index (χ0v) is 11.4. The third-order valence-electron chi connectivity index (χ3n) is 2.81. The summed E-state index contributed by atoms with van der Waals surface area (Å²) in [6.45, 7) is 10.9. The van der Waals surface area contributed by atoms with Gasteiger partial charge in [0.15, 0.2) is 5.78 Å². The summed E-state index contributed by atoms with van der Waals surface area (Å²) < 4.78 is 0. The van der Waals surface area contributed by atoms with Gasteiger partial charge in [0.25, 0.3) is 0 Å². The van der Waals surface area contributed by atoms with Gasteiger partial charge in [0.05, 0.1) is 6.54 Å². The van der Waals surface area contributed by atoms with Crippen LogP contribution < -0.4 is 0 Å². The molecule has 0 fully saturated rings. The summed E-state index contributed by atoms with van der Waals surface area (Å²) in [6, 6.07) is 7.82. The number of likely N-dealkylation sites (N-methyl/N-ethyl adjacent to an activating group) is 1. The SMILES string of the molecule is CCN(CC(=O)c1ccc(C)cc1)CC(C)C. The number of aryl methyl sites for hydroxylation is 1. The summed E-state index contributed by atoms with van der Waals surface area (Å²) >= 11 is 0. The molecule has 0 bridgehead atoms. The third kappa shape index (κ3) is 4.70. The first-order valence-electron chi connectivity index (χ1n) is 6.35. The number of benzene rings is 1. The van der Waals surface area contributed by atoms with Crippen LogP contribution in [0.5, 0.6) is 0 Å². The van der Waals surface area contributed by atoms with E-state index < -0.39 is 0 Å². The normalized spacial score (nSPS) is 11.2. The van der Waals surface area contributed by atoms with Gasteiger partial charge in [0.2, 0.25) is 0 Å². The summed E-state index contributed by atoms with van der Waals surface area (Å²) in [5, 5.41) is 0. The van der Waals surface area contributed by atoms with E-state index in [4.69, 9.17) is 0 Å². The van der Waals surface area contributed by atoms with E-state index in [1.54, 1.807) is 0 Å². The van der Waals surface area contributed by atoms with Crippen LogP contribution in [0.2, 0.25) is 0 Å². The second-order valence-electron chi connectivity index (χ2n) is 5.01. The van der Waals surface area contributed by atoms with Crippen molar-refractivity contribution in [2.45, 2.75) is 27.7 Å². The Bertz CT molecular complexity index is 354. The molecule has 2 heteroatoms. The van der Waals surface area contributed by atoms with Crippen LogP contribution in [0.3, 0.4) is 0 Å². The fraction of sp³-hybridized carbons (Fsp3) is 0.533. The molecule has 0 radical (unpaired) electrons. The molecule has 17 heavy (non-hydrogen) atoms. The molecule has 0 aliphatic rings. The molecule has 0 saturated carbocycles. The summed E-state index contributed by atoms with van der Waals surface area (Å²) in [5.41, 5.74) is 2.01. The fourth-order valence-electron chi connectivity index (χ4n) is 1.86. The Morgan fingerprint density at radius 2 is 1.82 bits per heavy atom. The maximum atomic E-state index is 12.1. The Hall–Kier alpha value is -1.15. The van der Waals surface area contributed by atoms with E-state index in [9.17, 15) is 4.79 Å². The standard InChI is InChI=1S/C15H23NO/c1-5-16(10-12(2)3)11-15(17)14-8-6-13(4)7-9-14/h6-9,12H,5,10-11H2,1-4H3. The van der Waals surface area contributed by atoms with Crippen LogP contribution in [0.15, 0.2) is 24.3 Å². The van der Waals surface area contributed by atoms with Gasteiger partial charge in [-0.05, 0) is 19.4 Å². The molecule has 1 rings (SSSR count). The van der Waals surface area contributed by atoms with Crippen LogP contribution in [0.4, 0.5) is 0 Å². The lowest BCUT2D eigenvalue weighted by molar-refractivity contribution is 0.0926. The molecule has 0 heterocycles. The van der Waals surface area contributed by atoms with Gasteiger partial charge in [-0.3, -0.25) is 9.69 Å². The summed E-state index contributed by atoms with van der Waals surface area (Å²) in [5.74, 6) is 0.813. The van der Waals surface area contributed by atoms with Crippen molar-refractivity contribution in [2.75, 3.05) is 19.6 Å². The third-order valence-corrected chi connectivity index (χ3v) is 2.81. The lowest BCUT2D eigenvalue weighted by atomic mass is 10.1. The summed E-state index contributed by atoms with van der Waals surface area (Å²) in [6.07, 6.45) is 0. The zero-order chi connectivity index (χ0) is 12.8. The number of nitrogens with zero attached hydrogens (tertiary/aromatic N) is 1. The molecular formula is C15H23NO. The van der Waals surface area contributed by atoms with Crippen LogP contribution in [-0.2, 0) is 0 Å². The van der Waals surface area contributed by atoms with Crippen LogP contribution in [0.25, 0.3) is 0 Å². The van der Waals surface area contributed by atoms with Gasteiger partial charge < -0.3 is 0 Å². The Morgan fingerprint density at radius 1 is 1.24 bits per heavy atom. The molecule has 94 valence electrons. The first-order valence-corrected chi connectivity index (χ1v) is 6.35. The molecular weight excluding hydrogens is 210 g/mol. The number of ketones is 1. The van der Waals surface area contributed by atoms with E-state index in [1.807, 2.05) is 31.2 Å². The number of hydrogen-bond donors (Lipinski definition) is 0. The quantitative estimate of drug-likeness (QED) is 0.703. The first kappa shape index (κ1) is 13.9. The van der Waals surface area contributed by atoms with Crippen molar-refractivity contribution in [3.05, 3.63) is 35.4 Å². The van der Waals surface area contributed by atoms with Crippen molar-refractivity contribution in [3.8, 4) is 0 Å². The lowest BCUT2D eigenvalue weighted by Crippen LogP contribution is -2.32. The van der Waals surface area contributed by atoms with Gasteiger partial charge in [0.1, 0.15) is 0 Å². The Kier molecular flexibility index (Phi) is 5.36. The predicted molar refractivity (Wildman–Crippen MR) is 72.5 cm³/mol. The van der Waals surface area contributed by atoms with Crippen LogP contribution >= 0.6 is 0 Å². The average molecular weight is 233 g/mol. The minimum atomic E-state index is 0.215. The Labute approximate surface area is 105 Å². The van der Waals surface area contributed by atoms with Gasteiger partial charge in [-0.1, -0.05) is 50.6 Å². The Morgan fingerprint density at radius 3 is 2.29 bits per heavy atom. The largest absolute Gasteiger partial charge is 0.296 e. The van der Waals surface area contributed by atoms with Crippen LogP contribution in [-0.4, -0.2) is 30.3 Å². The van der Waals surface area contributed by atoms with E-state index in [-0.39, 0.29) is 5.78 Å². The van der Waals surface area contributed by atoms with Crippen LogP contribution in [0, 0.1) is 12.8 Å². The van der Waals surface area contributed by atoms with Gasteiger partial charge in [0, 0.05) is 12.1 Å². The van der Waals surface area contributed by atoms with Crippen LogP contribution in [0.1, 0.15) is 36.7 Å². The highest BCUT2D eigenvalue weighted by Crippen LogP contribution is 2.06. The summed E-state index contributed by atoms with van der Waals surface area (Å²) in [7, 11) is 0. The number of carbonyl (C=O) groups excluding carboxylic acids is 1. The Balaban J connectivity index is 2.61. The van der Waals surface area contributed by atoms with Gasteiger partial charge in [-0.15, -0.1) is 0 Å². The molecule has 0 amide bonds. The monoisotopic (exact) mass is 233 g/mol. The molecule has 0 aromatic heterocycles. The van der Waals surface area contributed by atoms with Crippen molar-refractivity contribution in [1.29, 1.82) is 0 Å². The molecule has 1 aromatic carbocycles. The van der Waals surface area contributed by atoms with Gasteiger partial charge in [-0.25, -0.2) is 0 Å². The molecule has 0 atom stereocenters.